The Morgan fingerprint density at radius 3 is 2.42 bits per heavy atom. The van der Waals surface area contributed by atoms with Crippen LogP contribution in [-0.4, -0.2) is 81.4 Å². The highest BCUT2D eigenvalue weighted by Crippen LogP contribution is 2.57. The fourth-order valence-corrected chi connectivity index (χ4v) is 5.72. The predicted octanol–water partition coefficient (Wildman–Crippen LogP) is 1.72. The lowest BCUT2D eigenvalue weighted by Gasteiger charge is -2.72. The molecule has 4 saturated heterocycles. The number of aromatic nitrogens is 2. The molecular weight excluding hydrogens is 415 g/mol. The molecule has 8 nitrogen and oxygen atoms in total. The van der Waals surface area contributed by atoms with Gasteiger partial charge in [0.15, 0.2) is 5.69 Å². The van der Waals surface area contributed by atoms with Gasteiger partial charge in [-0.15, -0.1) is 0 Å². The Kier molecular flexibility index (Phi) is 4.74. The van der Waals surface area contributed by atoms with Gasteiger partial charge in [-0.2, -0.15) is 13.2 Å². The normalized spacial score (nSPS) is 32.5. The molecule has 0 saturated carbocycles. The number of alkyl halides is 3. The van der Waals surface area contributed by atoms with Crippen LogP contribution in [0.15, 0.2) is 6.20 Å². The first kappa shape index (κ1) is 20.6. The van der Waals surface area contributed by atoms with Crippen LogP contribution < -0.4 is 5.32 Å². The molecule has 11 heteroatoms. The molecule has 4 aliphatic heterocycles. The van der Waals surface area contributed by atoms with Crippen LogP contribution in [0.2, 0.25) is 0 Å². The van der Waals surface area contributed by atoms with Gasteiger partial charge >= 0.3 is 6.18 Å². The Bertz CT molecular complexity index is 902. The van der Waals surface area contributed by atoms with Crippen LogP contribution in [0.1, 0.15) is 48.7 Å². The number of rotatable bonds is 4. The predicted molar refractivity (Wildman–Crippen MR) is 102 cm³/mol. The van der Waals surface area contributed by atoms with E-state index in [1.54, 1.807) is 6.92 Å². The van der Waals surface area contributed by atoms with Crippen molar-refractivity contribution in [3.8, 4) is 0 Å². The summed E-state index contributed by atoms with van der Waals surface area (Å²) in [7, 11) is 0. The molecule has 1 amide bonds. The second-order valence-corrected chi connectivity index (χ2v) is 8.88. The summed E-state index contributed by atoms with van der Waals surface area (Å²) in [6.07, 6.45) is -0.742. The maximum absolute atomic E-state index is 13.7. The van der Waals surface area contributed by atoms with Gasteiger partial charge in [-0.05, 0) is 32.6 Å². The minimum absolute atomic E-state index is 0.0709. The van der Waals surface area contributed by atoms with Crippen LogP contribution in [0.3, 0.4) is 0 Å². The highest BCUT2D eigenvalue weighted by atomic mass is 19.4. The average molecular weight is 439 g/mol. The van der Waals surface area contributed by atoms with Crippen molar-refractivity contribution in [1.29, 1.82) is 0 Å². The van der Waals surface area contributed by atoms with E-state index in [9.17, 15) is 22.8 Å². The van der Waals surface area contributed by atoms with Gasteiger partial charge in [0.05, 0.1) is 24.3 Å². The number of ketones is 1. The summed E-state index contributed by atoms with van der Waals surface area (Å²) in [6, 6.07) is 0.453. The Morgan fingerprint density at radius 1 is 1.19 bits per heavy atom. The van der Waals surface area contributed by atoms with Crippen molar-refractivity contribution < 1.29 is 27.5 Å². The number of morpholine rings is 1. The zero-order chi connectivity index (χ0) is 22.0. The van der Waals surface area contributed by atoms with Crippen LogP contribution in [0.5, 0.6) is 0 Å². The number of nitrogens with zero attached hydrogens (tertiary/aromatic N) is 4. The number of hydrogen-bond acceptors (Lipinski definition) is 7. The number of piperidine rings is 2. The van der Waals surface area contributed by atoms with Crippen molar-refractivity contribution in [1.82, 2.24) is 19.8 Å². The monoisotopic (exact) mass is 439 g/mol. The topological polar surface area (TPSA) is 87.7 Å². The molecular formula is C20H24F3N5O3. The summed E-state index contributed by atoms with van der Waals surface area (Å²) in [6.45, 7) is 2.68. The summed E-state index contributed by atoms with van der Waals surface area (Å²) in [4.78, 5) is 35.9. The first-order valence-corrected chi connectivity index (χ1v) is 10.6. The third-order valence-corrected chi connectivity index (χ3v) is 7.12. The van der Waals surface area contributed by atoms with Gasteiger partial charge in [0.2, 0.25) is 5.95 Å². The van der Waals surface area contributed by atoms with Crippen molar-refractivity contribution >= 4 is 17.6 Å². The van der Waals surface area contributed by atoms with Crippen LogP contribution in [-0.2, 0) is 15.7 Å². The summed E-state index contributed by atoms with van der Waals surface area (Å²) < 4.78 is 46.2. The van der Waals surface area contributed by atoms with Crippen LogP contribution in [0.4, 0.5) is 19.1 Å². The van der Waals surface area contributed by atoms with Gasteiger partial charge in [-0.1, -0.05) is 0 Å². The zero-order valence-corrected chi connectivity index (χ0v) is 17.1. The van der Waals surface area contributed by atoms with Crippen molar-refractivity contribution in [3.05, 3.63) is 17.5 Å². The number of carbonyl (C=O) groups is 2. The Labute approximate surface area is 177 Å². The molecule has 2 unspecified atom stereocenters. The second kappa shape index (κ2) is 7.13. The summed E-state index contributed by atoms with van der Waals surface area (Å²) in [5, 5.41) is 3.04. The molecule has 4 fully saturated rings. The molecule has 0 radical (unpaired) electrons. The smallest absolute Gasteiger partial charge is 0.378 e. The number of amides is 1. The number of nitrogens with one attached hydrogen (secondary N) is 1. The van der Waals surface area contributed by atoms with Gasteiger partial charge in [0.1, 0.15) is 5.78 Å². The van der Waals surface area contributed by atoms with Crippen molar-refractivity contribution in [2.75, 3.05) is 31.6 Å². The first-order valence-electron chi connectivity index (χ1n) is 10.6. The van der Waals surface area contributed by atoms with Crippen LogP contribution in [0, 0.1) is 0 Å². The minimum atomic E-state index is -4.77. The lowest BCUT2D eigenvalue weighted by molar-refractivity contribution is -0.215. The van der Waals surface area contributed by atoms with E-state index in [4.69, 9.17) is 4.74 Å². The van der Waals surface area contributed by atoms with Gasteiger partial charge in [0, 0.05) is 37.4 Å². The molecule has 1 aromatic heterocycles. The number of ether oxygens (including phenoxy) is 1. The maximum atomic E-state index is 13.7. The largest absolute Gasteiger partial charge is 0.434 e. The quantitative estimate of drug-likeness (QED) is 0.764. The molecule has 1 N–H and O–H groups in total. The first-order chi connectivity index (χ1) is 14.7. The van der Waals surface area contributed by atoms with E-state index in [1.165, 1.54) is 4.90 Å². The minimum Gasteiger partial charge on any atom is -0.378 e. The second-order valence-electron chi connectivity index (χ2n) is 8.88. The standard InChI is InChI=1S/C20H24F3N5O3/c1-11(29)19-8-13-6-12(7-14(9-19)28(13)19)25-18-24-10-15(16(26-18)20(21,22)23)17(30)27-2-4-31-5-3-27/h10,12-14H,2-9H2,1H3,(H,24,25,26). The molecule has 2 atom stereocenters. The van der Waals surface area contributed by atoms with Crippen molar-refractivity contribution in [2.45, 2.75) is 62.4 Å². The third-order valence-electron chi connectivity index (χ3n) is 7.12. The van der Waals surface area contributed by atoms with Crippen molar-refractivity contribution in [3.63, 3.8) is 0 Å². The highest BCUT2D eigenvalue weighted by Gasteiger charge is 2.67. The maximum Gasteiger partial charge on any atom is 0.434 e. The lowest BCUT2D eigenvalue weighted by Crippen LogP contribution is -2.83. The van der Waals surface area contributed by atoms with Crippen LogP contribution in [0.25, 0.3) is 0 Å². The van der Waals surface area contributed by atoms with Gasteiger partial charge in [-0.3, -0.25) is 14.5 Å². The van der Waals surface area contributed by atoms with Gasteiger partial charge in [-0.25, -0.2) is 9.97 Å². The van der Waals surface area contributed by atoms with Gasteiger partial charge in [0.25, 0.3) is 5.91 Å². The molecule has 1 aromatic rings. The fraction of sp³-hybridized carbons (Fsp3) is 0.700. The van der Waals surface area contributed by atoms with E-state index in [2.05, 4.69) is 20.2 Å². The van der Waals surface area contributed by atoms with E-state index in [-0.39, 0.29) is 48.5 Å². The lowest BCUT2D eigenvalue weighted by atomic mass is 9.57. The van der Waals surface area contributed by atoms with E-state index in [0.29, 0.717) is 13.2 Å². The zero-order valence-electron chi connectivity index (χ0n) is 17.1. The summed E-state index contributed by atoms with van der Waals surface area (Å²) in [5.41, 5.74) is -2.05. The Balaban J connectivity index is 1.32. The fourth-order valence-electron chi connectivity index (χ4n) is 5.72. The molecule has 168 valence electrons. The third kappa shape index (κ3) is 3.29. The Morgan fingerprint density at radius 2 is 1.84 bits per heavy atom. The number of anilines is 1. The molecule has 31 heavy (non-hydrogen) atoms. The van der Waals surface area contributed by atoms with E-state index in [1.807, 2.05) is 0 Å². The molecule has 0 aromatic carbocycles. The van der Waals surface area contributed by atoms with E-state index in [0.717, 1.165) is 31.9 Å². The SMILES string of the molecule is CC(=O)C12CC3CC(Nc4ncc(C(=O)N5CCOCC5)c(C(F)(F)F)n4)CC(C1)N32. The van der Waals surface area contributed by atoms with Gasteiger partial charge < -0.3 is 15.0 Å². The molecule has 0 aliphatic carbocycles. The number of Topliss-reactive ketones (excluding diaryl/α,β-unsaturated/α-hetero) is 1. The molecule has 5 heterocycles. The van der Waals surface area contributed by atoms with E-state index < -0.39 is 23.3 Å². The highest BCUT2D eigenvalue weighted by molar-refractivity contribution is 5.95. The number of carbonyl (C=O) groups excluding carboxylic acids is 2. The molecule has 4 aliphatic rings. The van der Waals surface area contributed by atoms with Crippen LogP contribution >= 0.6 is 0 Å². The summed E-state index contributed by atoms with van der Waals surface area (Å²) >= 11 is 0. The van der Waals surface area contributed by atoms with Crippen molar-refractivity contribution in [2.24, 2.45) is 0 Å². The average Bonchev–Trinajstić information content (AvgIpc) is 2.69. The molecule has 0 bridgehead atoms. The summed E-state index contributed by atoms with van der Waals surface area (Å²) in [5.74, 6) is -0.661. The molecule has 0 spiro atoms. The number of halogens is 3. The molecule has 5 rings (SSSR count). The Hall–Kier alpha value is -2.27. The number of hydrogen-bond donors (Lipinski definition) is 1. The van der Waals surface area contributed by atoms with E-state index >= 15 is 0 Å².